The van der Waals surface area contributed by atoms with Crippen molar-refractivity contribution >= 4 is 46.6 Å². The summed E-state index contributed by atoms with van der Waals surface area (Å²) in [5.41, 5.74) is 2.82. The van der Waals surface area contributed by atoms with E-state index in [4.69, 9.17) is 11.6 Å². The highest BCUT2D eigenvalue weighted by molar-refractivity contribution is 6.30. The van der Waals surface area contributed by atoms with Gasteiger partial charge in [-0.05, 0) is 48.0 Å². The van der Waals surface area contributed by atoms with Gasteiger partial charge in [0.25, 0.3) is 0 Å². The molecule has 6 heteroatoms. The molecular formula is C27H19ClN2O3. The van der Waals surface area contributed by atoms with Crippen molar-refractivity contribution in [3.05, 3.63) is 101 Å². The molecule has 0 saturated carbocycles. The molecule has 0 unspecified atom stereocenters. The Kier molecular flexibility index (Phi) is 4.49. The van der Waals surface area contributed by atoms with E-state index in [9.17, 15) is 14.4 Å². The third kappa shape index (κ3) is 2.89. The van der Waals surface area contributed by atoms with Gasteiger partial charge in [-0.1, -0.05) is 60.2 Å². The Morgan fingerprint density at radius 3 is 2.21 bits per heavy atom. The first-order valence-electron chi connectivity index (χ1n) is 10.8. The van der Waals surface area contributed by atoms with Crippen LogP contribution in [0.2, 0.25) is 5.02 Å². The van der Waals surface area contributed by atoms with Crippen LogP contribution in [0, 0.1) is 11.8 Å². The number of nitrogens with zero attached hydrogens (tertiary/aromatic N) is 2. The predicted molar refractivity (Wildman–Crippen MR) is 127 cm³/mol. The maximum Gasteiger partial charge on any atom is 0.240 e. The number of benzene rings is 3. The van der Waals surface area contributed by atoms with E-state index in [0.717, 1.165) is 11.3 Å². The maximum absolute atomic E-state index is 13.9. The molecule has 0 spiro atoms. The van der Waals surface area contributed by atoms with Gasteiger partial charge in [0.1, 0.15) is 6.04 Å². The zero-order valence-electron chi connectivity index (χ0n) is 17.5. The number of anilines is 2. The SMILES string of the molecule is O=C(c1ccc(Cl)cc1)[C@@H]1[C@@H]2C(=O)N(c3ccccc3)C(=O)[C@@H]2[C@H]2C=Cc3ccccc3N21. The highest BCUT2D eigenvalue weighted by Crippen LogP contribution is 2.49. The van der Waals surface area contributed by atoms with Gasteiger partial charge in [-0.3, -0.25) is 14.4 Å². The van der Waals surface area contributed by atoms with Crippen LogP contribution in [-0.4, -0.2) is 29.7 Å². The predicted octanol–water partition coefficient (Wildman–Crippen LogP) is 4.61. The monoisotopic (exact) mass is 454 g/mol. The third-order valence-corrected chi connectivity index (χ3v) is 7.08. The average Bonchev–Trinajstić information content (AvgIpc) is 3.32. The molecule has 162 valence electrons. The van der Waals surface area contributed by atoms with E-state index < -0.39 is 17.9 Å². The molecule has 0 bridgehead atoms. The number of hydrogen-bond acceptors (Lipinski definition) is 4. The highest BCUT2D eigenvalue weighted by atomic mass is 35.5. The summed E-state index contributed by atoms with van der Waals surface area (Å²) >= 11 is 6.04. The smallest absolute Gasteiger partial charge is 0.240 e. The lowest BCUT2D eigenvalue weighted by atomic mass is 9.86. The van der Waals surface area contributed by atoms with E-state index in [1.807, 2.05) is 47.4 Å². The first-order chi connectivity index (χ1) is 16.1. The molecule has 0 aliphatic carbocycles. The standard InChI is InChI=1S/C27H19ClN2O3/c28-18-13-10-17(11-14-18)25(31)24-23-22(21-15-12-16-6-4-5-9-20(16)30(21)24)26(32)29(27(23)33)19-7-2-1-3-8-19/h1-15,21-24H/t21-,22-,23-,24+/m1/s1. The number of rotatable bonds is 3. The van der Waals surface area contributed by atoms with Crippen molar-refractivity contribution in [2.45, 2.75) is 12.1 Å². The summed E-state index contributed by atoms with van der Waals surface area (Å²) in [5, 5.41) is 0.530. The van der Waals surface area contributed by atoms with Gasteiger partial charge in [-0.15, -0.1) is 0 Å². The number of amides is 2. The van der Waals surface area contributed by atoms with Gasteiger partial charge in [-0.2, -0.15) is 0 Å². The summed E-state index contributed by atoms with van der Waals surface area (Å²) in [4.78, 5) is 44.5. The number of hydrogen-bond donors (Lipinski definition) is 0. The number of carbonyl (C=O) groups excluding carboxylic acids is 3. The zero-order valence-corrected chi connectivity index (χ0v) is 18.2. The van der Waals surface area contributed by atoms with Crippen LogP contribution >= 0.6 is 11.6 Å². The van der Waals surface area contributed by atoms with Crippen molar-refractivity contribution in [3.63, 3.8) is 0 Å². The molecule has 3 aliphatic rings. The minimum Gasteiger partial charge on any atom is -0.352 e. The zero-order chi connectivity index (χ0) is 22.7. The number of Topliss-reactive ketones (excluding diaryl/α,β-unsaturated/α-hetero) is 1. The Bertz CT molecular complexity index is 1320. The molecule has 4 atom stereocenters. The van der Waals surface area contributed by atoms with E-state index in [-0.39, 0.29) is 23.6 Å². The van der Waals surface area contributed by atoms with Crippen LogP contribution in [0.3, 0.4) is 0 Å². The van der Waals surface area contributed by atoms with Crippen LogP contribution in [0.15, 0.2) is 84.9 Å². The Morgan fingerprint density at radius 1 is 0.788 bits per heavy atom. The van der Waals surface area contributed by atoms with Gasteiger partial charge in [0.05, 0.1) is 23.6 Å². The van der Waals surface area contributed by atoms with E-state index in [1.165, 1.54) is 4.90 Å². The summed E-state index contributed by atoms with van der Waals surface area (Å²) in [6.45, 7) is 0. The fourth-order valence-corrected chi connectivity index (χ4v) is 5.56. The summed E-state index contributed by atoms with van der Waals surface area (Å²) in [6.07, 6.45) is 3.93. The minimum absolute atomic E-state index is 0.190. The van der Waals surface area contributed by atoms with Crippen molar-refractivity contribution in [3.8, 4) is 0 Å². The fraction of sp³-hybridized carbons (Fsp3) is 0.148. The molecule has 5 nitrogen and oxygen atoms in total. The molecule has 3 aromatic carbocycles. The largest absolute Gasteiger partial charge is 0.352 e. The second kappa shape index (κ2) is 7.42. The average molecular weight is 455 g/mol. The Hall–Kier alpha value is -3.70. The number of carbonyl (C=O) groups is 3. The first-order valence-corrected chi connectivity index (χ1v) is 11.2. The van der Waals surface area contributed by atoms with Gasteiger partial charge in [0, 0.05) is 16.3 Å². The Labute approximate surface area is 195 Å². The van der Waals surface area contributed by atoms with Crippen LogP contribution in [0.4, 0.5) is 11.4 Å². The maximum atomic E-state index is 13.9. The summed E-state index contributed by atoms with van der Waals surface area (Å²) in [7, 11) is 0. The minimum atomic E-state index is -0.794. The number of imide groups is 1. The van der Waals surface area contributed by atoms with Crippen molar-refractivity contribution in [2.75, 3.05) is 9.80 Å². The fourth-order valence-electron chi connectivity index (χ4n) is 5.43. The molecule has 3 aromatic rings. The van der Waals surface area contributed by atoms with E-state index >= 15 is 0 Å². The molecule has 0 aromatic heterocycles. The second-order valence-corrected chi connectivity index (χ2v) is 8.97. The number of fused-ring (bicyclic) bond motifs is 5. The second-order valence-electron chi connectivity index (χ2n) is 8.53. The van der Waals surface area contributed by atoms with Crippen LogP contribution in [-0.2, 0) is 9.59 Å². The van der Waals surface area contributed by atoms with Gasteiger partial charge < -0.3 is 4.90 Å². The molecule has 3 heterocycles. The van der Waals surface area contributed by atoms with Gasteiger partial charge >= 0.3 is 0 Å². The summed E-state index contributed by atoms with van der Waals surface area (Å²) < 4.78 is 0. The van der Waals surface area contributed by atoms with Crippen LogP contribution in [0.1, 0.15) is 15.9 Å². The summed E-state index contributed by atoms with van der Waals surface area (Å²) in [5.74, 6) is -2.19. The van der Waals surface area contributed by atoms with Gasteiger partial charge in [-0.25, -0.2) is 4.90 Å². The van der Waals surface area contributed by atoms with Crippen LogP contribution in [0.5, 0.6) is 0 Å². The Balaban J connectivity index is 1.50. The van der Waals surface area contributed by atoms with Crippen molar-refractivity contribution in [1.29, 1.82) is 0 Å². The van der Waals surface area contributed by atoms with Crippen LogP contribution < -0.4 is 9.80 Å². The van der Waals surface area contributed by atoms with Crippen molar-refractivity contribution in [2.24, 2.45) is 11.8 Å². The van der Waals surface area contributed by atoms with Crippen molar-refractivity contribution in [1.82, 2.24) is 0 Å². The lowest BCUT2D eigenvalue weighted by Crippen LogP contribution is -2.48. The molecular weight excluding hydrogens is 436 g/mol. The summed E-state index contributed by atoms with van der Waals surface area (Å²) in [6, 6.07) is 22.2. The molecule has 6 rings (SSSR count). The number of ketones is 1. The highest BCUT2D eigenvalue weighted by Gasteiger charge is 2.64. The number of para-hydroxylation sites is 2. The third-order valence-electron chi connectivity index (χ3n) is 6.83. The first kappa shape index (κ1) is 19.9. The molecule has 2 fully saturated rings. The van der Waals surface area contributed by atoms with E-state index in [1.54, 1.807) is 48.5 Å². The Morgan fingerprint density at radius 2 is 1.45 bits per heavy atom. The molecule has 2 saturated heterocycles. The molecule has 3 aliphatic heterocycles. The molecule has 0 radical (unpaired) electrons. The van der Waals surface area contributed by atoms with E-state index in [2.05, 4.69) is 0 Å². The van der Waals surface area contributed by atoms with Crippen molar-refractivity contribution < 1.29 is 14.4 Å². The molecule has 33 heavy (non-hydrogen) atoms. The van der Waals surface area contributed by atoms with E-state index in [0.29, 0.717) is 16.3 Å². The number of halogens is 1. The molecule has 0 N–H and O–H groups in total. The van der Waals surface area contributed by atoms with Gasteiger partial charge in [0.15, 0.2) is 5.78 Å². The molecule has 2 amide bonds. The quantitative estimate of drug-likeness (QED) is 0.428. The van der Waals surface area contributed by atoms with Crippen LogP contribution in [0.25, 0.3) is 6.08 Å². The lowest BCUT2D eigenvalue weighted by molar-refractivity contribution is -0.122. The normalized spacial score (nSPS) is 25.1. The van der Waals surface area contributed by atoms with Gasteiger partial charge in [0.2, 0.25) is 11.8 Å². The lowest BCUT2D eigenvalue weighted by Gasteiger charge is -2.36. The topological polar surface area (TPSA) is 57.7 Å².